The van der Waals surface area contributed by atoms with Crippen molar-refractivity contribution < 1.29 is 32.9 Å². The second-order valence-corrected chi connectivity index (χ2v) is 7.94. The minimum absolute atomic E-state index is 0.358. The normalized spacial score (nSPS) is 15.7. The average molecular weight is 351 g/mol. The van der Waals surface area contributed by atoms with Gasteiger partial charge >= 0.3 is 5.97 Å². The summed E-state index contributed by atoms with van der Waals surface area (Å²) in [6.45, 7) is 5.95. The predicted molar refractivity (Wildman–Crippen MR) is 86.5 cm³/mol. The van der Waals surface area contributed by atoms with Crippen molar-refractivity contribution in [2.24, 2.45) is 0 Å². The predicted octanol–water partition coefficient (Wildman–Crippen LogP) is 1.61. The van der Waals surface area contributed by atoms with Crippen LogP contribution in [0.3, 0.4) is 0 Å². The summed E-state index contributed by atoms with van der Waals surface area (Å²) in [5.41, 5.74) is 0.386. The molecule has 0 fully saturated rings. The molecule has 0 aromatic carbocycles. The summed E-state index contributed by atoms with van der Waals surface area (Å²) in [7, 11) is 1.07. The maximum atomic E-state index is 11.2. The fourth-order valence-corrected chi connectivity index (χ4v) is 2.64. The lowest BCUT2D eigenvalue weighted by Crippen LogP contribution is -2.42. The fraction of sp³-hybridized carbons (Fsp3) is 0.800. The summed E-state index contributed by atoms with van der Waals surface area (Å²) in [6.07, 6.45) is 3.28. The molecule has 0 heterocycles. The number of likely N-dealkylation sites (N-methyl/N-ethyl adjacent to an activating group) is 1. The Kier molecular flexibility index (Phi) is 9.89. The van der Waals surface area contributed by atoms with E-state index in [9.17, 15) is 14.3 Å². The lowest BCUT2D eigenvalue weighted by atomic mass is 10.1. The lowest BCUT2D eigenvalue weighted by Gasteiger charge is -2.31. The van der Waals surface area contributed by atoms with E-state index in [1.165, 1.54) is 0 Å². The van der Waals surface area contributed by atoms with Gasteiger partial charge in [0, 0.05) is 5.57 Å². The van der Waals surface area contributed by atoms with Gasteiger partial charge in [-0.15, -0.1) is 0 Å². The smallest absolute Gasteiger partial charge is 0.333 e. The Morgan fingerprint density at radius 3 is 2.30 bits per heavy atom. The molecule has 2 atom stereocenters. The van der Waals surface area contributed by atoms with E-state index in [1.807, 2.05) is 21.1 Å². The van der Waals surface area contributed by atoms with Crippen molar-refractivity contribution >= 4 is 13.8 Å². The first-order valence-corrected chi connectivity index (χ1v) is 9.25. The van der Waals surface area contributed by atoms with Crippen molar-refractivity contribution in [1.29, 1.82) is 0 Å². The summed E-state index contributed by atoms with van der Waals surface area (Å²) < 4.78 is 21.2. The number of phosphoric acid groups is 1. The van der Waals surface area contributed by atoms with E-state index >= 15 is 0 Å². The van der Waals surface area contributed by atoms with Gasteiger partial charge in [0.25, 0.3) is 7.82 Å². The summed E-state index contributed by atoms with van der Waals surface area (Å²) in [5.74, 6) is -0.379. The number of quaternary nitrogens is 1. The fourth-order valence-electron chi connectivity index (χ4n) is 2.09. The van der Waals surface area contributed by atoms with E-state index < -0.39 is 13.9 Å². The summed E-state index contributed by atoms with van der Waals surface area (Å²) in [6, 6.07) is 0. The molecule has 0 spiro atoms. The summed E-state index contributed by atoms with van der Waals surface area (Å²) in [5, 5.41) is 0. The number of ether oxygens (including phenoxy) is 1. The van der Waals surface area contributed by atoms with Crippen LogP contribution in [0.4, 0.5) is 0 Å². The molecule has 0 aromatic rings. The van der Waals surface area contributed by atoms with Crippen LogP contribution >= 0.6 is 7.82 Å². The van der Waals surface area contributed by atoms with Gasteiger partial charge in [-0.05, 0) is 19.8 Å². The molecule has 0 bridgehead atoms. The Balaban J connectivity index is 3.97. The third-order valence-electron chi connectivity index (χ3n) is 3.04. The minimum atomic E-state index is -4.72. The van der Waals surface area contributed by atoms with E-state index in [2.05, 4.69) is 6.58 Å². The highest BCUT2D eigenvalue weighted by molar-refractivity contribution is 7.44. The molecule has 1 N–H and O–H groups in total. The number of hydrogen-bond donors (Lipinski definition) is 1. The standard InChI is InChI=1S/C15H30NO6P/c1-13(2)15(17)21-11-9-7-6-8-10-14(12-16(3,4)5)22-23(18,19)20/h14H,1,6-12H2,2-5H3,(H-,18,19,20). The summed E-state index contributed by atoms with van der Waals surface area (Å²) >= 11 is 0. The lowest BCUT2D eigenvalue weighted by molar-refractivity contribution is -0.873. The molecular weight excluding hydrogens is 321 g/mol. The SMILES string of the molecule is C=C(C)C(=O)OCCCCCCC(C[N+](C)(C)C)OP(=O)([O-])O. The number of carbonyl (C=O) groups excluding carboxylic acids is 1. The van der Waals surface area contributed by atoms with Crippen LogP contribution in [-0.2, 0) is 18.6 Å². The first kappa shape index (κ1) is 22.3. The molecule has 8 heteroatoms. The monoisotopic (exact) mass is 351 g/mol. The second-order valence-electron chi connectivity index (χ2n) is 6.79. The van der Waals surface area contributed by atoms with Crippen molar-refractivity contribution in [3.8, 4) is 0 Å². The molecular formula is C15H30NO6P. The van der Waals surface area contributed by atoms with E-state index in [4.69, 9.17) is 14.2 Å². The molecule has 0 amide bonds. The number of nitrogens with zero attached hydrogens (tertiary/aromatic N) is 1. The maximum Gasteiger partial charge on any atom is 0.333 e. The van der Waals surface area contributed by atoms with Gasteiger partial charge in [-0.25, -0.2) is 4.79 Å². The Hall–Kier alpha value is -0.720. The number of rotatable bonds is 12. The van der Waals surface area contributed by atoms with Crippen molar-refractivity contribution in [3.05, 3.63) is 12.2 Å². The number of esters is 1. The van der Waals surface area contributed by atoms with Gasteiger partial charge in [0.15, 0.2) is 0 Å². The number of unbranched alkanes of at least 4 members (excludes halogenated alkanes) is 3. The quantitative estimate of drug-likeness (QED) is 0.189. The van der Waals surface area contributed by atoms with Crippen LogP contribution in [0, 0.1) is 0 Å². The highest BCUT2D eigenvalue weighted by Crippen LogP contribution is 2.34. The molecule has 23 heavy (non-hydrogen) atoms. The van der Waals surface area contributed by atoms with E-state index in [1.54, 1.807) is 6.92 Å². The molecule has 7 nitrogen and oxygen atoms in total. The maximum absolute atomic E-state index is 11.2. The van der Waals surface area contributed by atoms with E-state index in [0.717, 1.165) is 25.7 Å². The molecule has 2 unspecified atom stereocenters. The molecule has 0 saturated heterocycles. The number of carbonyl (C=O) groups is 1. The van der Waals surface area contributed by atoms with Crippen molar-refractivity contribution in [2.45, 2.75) is 45.1 Å². The third-order valence-corrected chi connectivity index (χ3v) is 3.60. The van der Waals surface area contributed by atoms with Crippen LogP contribution in [0.15, 0.2) is 12.2 Å². The molecule has 0 aliphatic rings. The topological polar surface area (TPSA) is 95.9 Å². The van der Waals surface area contributed by atoms with Crippen LogP contribution in [0.25, 0.3) is 0 Å². The zero-order chi connectivity index (χ0) is 18.1. The van der Waals surface area contributed by atoms with Crippen LogP contribution in [0.5, 0.6) is 0 Å². The Morgan fingerprint density at radius 2 is 1.83 bits per heavy atom. The number of phosphoric ester groups is 1. The van der Waals surface area contributed by atoms with E-state index in [0.29, 0.717) is 29.6 Å². The van der Waals surface area contributed by atoms with Gasteiger partial charge in [-0.1, -0.05) is 25.8 Å². The Morgan fingerprint density at radius 1 is 1.26 bits per heavy atom. The number of hydrogen-bond acceptors (Lipinski definition) is 5. The Labute approximate surface area is 139 Å². The zero-order valence-electron chi connectivity index (χ0n) is 14.6. The van der Waals surface area contributed by atoms with Crippen LogP contribution in [0.1, 0.15) is 39.0 Å². The third kappa shape index (κ3) is 14.6. The molecule has 0 aliphatic heterocycles. The van der Waals surface area contributed by atoms with Crippen LogP contribution in [0.2, 0.25) is 0 Å². The molecule has 0 rings (SSSR count). The molecule has 0 saturated carbocycles. The minimum Gasteiger partial charge on any atom is -0.756 e. The first-order chi connectivity index (χ1) is 10.4. The molecule has 0 radical (unpaired) electrons. The Bertz CT molecular complexity index is 426. The molecule has 136 valence electrons. The van der Waals surface area contributed by atoms with Gasteiger partial charge in [0.05, 0.1) is 27.7 Å². The van der Waals surface area contributed by atoms with Crippen molar-refractivity contribution in [1.82, 2.24) is 0 Å². The first-order valence-electron chi connectivity index (χ1n) is 7.76. The average Bonchev–Trinajstić information content (AvgIpc) is 2.32. The van der Waals surface area contributed by atoms with E-state index in [-0.39, 0.29) is 5.97 Å². The van der Waals surface area contributed by atoms with Gasteiger partial charge in [-0.2, -0.15) is 0 Å². The zero-order valence-corrected chi connectivity index (χ0v) is 15.5. The van der Waals surface area contributed by atoms with Crippen molar-refractivity contribution in [3.63, 3.8) is 0 Å². The second kappa shape index (κ2) is 10.2. The molecule has 0 aromatic heterocycles. The van der Waals surface area contributed by atoms with Crippen LogP contribution < -0.4 is 4.89 Å². The van der Waals surface area contributed by atoms with Gasteiger partial charge < -0.3 is 23.5 Å². The van der Waals surface area contributed by atoms with Gasteiger partial charge in [-0.3, -0.25) is 4.57 Å². The van der Waals surface area contributed by atoms with Crippen LogP contribution in [-0.4, -0.2) is 55.7 Å². The van der Waals surface area contributed by atoms with Crippen molar-refractivity contribution in [2.75, 3.05) is 34.3 Å². The molecule has 0 aliphatic carbocycles. The van der Waals surface area contributed by atoms with Gasteiger partial charge in [0.2, 0.25) is 0 Å². The highest BCUT2D eigenvalue weighted by Gasteiger charge is 2.22. The largest absolute Gasteiger partial charge is 0.756 e. The highest BCUT2D eigenvalue weighted by atomic mass is 31.2. The van der Waals surface area contributed by atoms with Gasteiger partial charge in [0.1, 0.15) is 12.6 Å². The summed E-state index contributed by atoms with van der Waals surface area (Å²) in [4.78, 5) is 31.0.